The summed E-state index contributed by atoms with van der Waals surface area (Å²) in [5.74, 6) is 0.202. The molecule has 0 amide bonds. The van der Waals surface area contributed by atoms with Crippen LogP contribution in [0.4, 0.5) is 0 Å². The van der Waals surface area contributed by atoms with Gasteiger partial charge in [0.05, 0.1) is 0 Å². The van der Waals surface area contributed by atoms with E-state index in [0.717, 1.165) is 5.56 Å². The number of nitriles is 2. The molecule has 1 fully saturated rings. The Morgan fingerprint density at radius 3 is 2.62 bits per heavy atom. The molecule has 3 rings (SSSR count). The highest BCUT2D eigenvalue weighted by atomic mass is 32.2. The van der Waals surface area contributed by atoms with Gasteiger partial charge in [0, 0.05) is 5.56 Å². The monoisotopic (exact) mass is 230 g/mol. The van der Waals surface area contributed by atoms with Crippen molar-refractivity contribution in [1.29, 1.82) is 10.5 Å². The van der Waals surface area contributed by atoms with Crippen LogP contribution in [0, 0.1) is 22.7 Å². The number of rotatable bonds is 0. The normalized spacial score (nSPS) is 32.8. The Balaban J connectivity index is 2.18. The van der Waals surface area contributed by atoms with Crippen LogP contribution in [-0.2, 0) is 21.5 Å². The van der Waals surface area contributed by atoms with Crippen LogP contribution in [0.3, 0.4) is 0 Å². The van der Waals surface area contributed by atoms with Crippen LogP contribution in [0.15, 0.2) is 29.2 Å². The van der Waals surface area contributed by atoms with Crippen molar-refractivity contribution in [3.63, 3.8) is 0 Å². The minimum absolute atomic E-state index is 0.202. The lowest BCUT2D eigenvalue weighted by Crippen LogP contribution is -2.23. The summed E-state index contributed by atoms with van der Waals surface area (Å²) in [6, 6.07) is 10.9. The third kappa shape index (κ3) is 0.868. The third-order valence-corrected chi connectivity index (χ3v) is 4.59. The van der Waals surface area contributed by atoms with Crippen molar-refractivity contribution in [3.05, 3.63) is 29.8 Å². The Bertz CT molecular complexity index is 546. The summed E-state index contributed by atoms with van der Waals surface area (Å²) in [5.41, 5.74) is -1.69. The van der Waals surface area contributed by atoms with E-state index in [4.69, 9.17) is 15.3 Å². The van der Waals surface area contributed by atoms with E-state index in [1.54, 1.807) is 24.3 Å². The van der Waals surface area contributed by atoms with E-state index < -0.39 is 22.4 Å². The SMILES string of the molecule is N#CC1(C#N)OC12C[S+]([O-])c1ccccc12. The zero-order valence-corrected chi connectivity index (χ0v) is 8.95. The lowest BCUT2D eigenvalue weighted by molar-refractivity contribution is 0.313. The molecule has 0 aliphatic carbocycles. The summed E-state index contributed by atoms with van der Waals surface area (Å²) in [4.78, 5) is 0.676. The van der Waals surface area contributed by atoms with Gasteiger partial charge >= 0.3 is 0 Å². The molecule has 2 heterocycles. The first kappa shape index (κ1) is 9.68. The fourth-order valence-corrected chi connectivity index (χ4v) is 3.85. The van der Waals surface area contributed by atoms with E-state index in [9.17, 15) is 4.55 Å². The van der Waals surface area contributed by atoms with Crippen molar-refractivity contribution in [2.24, 2.45) is 0 Å². The van der Waals surface area contributed by atoms with Crippen molar-refractivity contribution in [2.75, 3.05) is 5.75 Å². The maximum Gasteiger partial charge on any atom is 0.280 e. The van der Waals surface area contributed by atoms with Gasteiger partial charge in [-0.3, -0.25) is 0 Å². The molecule has 0 saturated carbocycles. The van der Waals surface area contributed by atoms with Gasteiger partial charge in [0.15, 0.2) is 4.90 Å². The summed E-state index contributed by atoms with van der Waals surface area (Å²) >= 11 is -1.18. The molecule has 1 aromatic carbocycles. The molecular weight excluding hydrogens is 224 g/mol. The highest BCUT2D eigenvalue weighted by Gasteiger charge is 2.79. The van der Waals surface area contributed by atoms with E-state index in [1.807, 2.05) is 12.1 Å². The standard InChI is InChI=1S/C11H6N2O2S/c12-5-10(6-13)11(15-10)7-16(14)9-4-2-1-3-8(9)11/h1-4H,7H2. The van der Waals surface area contributed by atoms with Gasteiger partial charge in [0.1, 0.15) is 17.9 Å². The van der Waals surface area contributed by atoms with Gasteiger partial charge in [-0.05, 0) is 17.2 Å². The van der Waals surface area contributed by atoms with Crippen LogP contribution in [0.2, 0.25) is 0 Å². The molecule has 1 aromatic rings. The summed E-state index contributed by atoms with van der Waals surface area (Å²) in [7, 11) is 0. The second-order valence-corrected chi connectivity index (χ2v) is 5.24. The zero-order chi connectivity index (χ0) is 11.4. The van der Waals surface area contributed by atoms with Crippen molar-refractivity contribution in [3.8, 4) is 12.1 Å². The highest BCUT2D eigenvalue weighted by molar-refractivity contribution is 7.91. The molecule has 0 N–H and O–H groups in total. The molecule has 0 bridgehead atoms. The van der Waals surface area contributed by atoms with Crippen molar-refractivity contribution >= 4 is 11.2 Å². The number of epoxide rings is 1. The van der Waals surface area contributed by atoms with E-state index >= 15 is 0 Å². The average molecular weight is 230 g/mol. The summed E-state index contributed by atoms with van der Waals surface area (Å²) in [6.45, 7) is 0. The summed E-state index contributed by atoms with van der Waals surface area (Å²) < 4.78 is 17.2. The quantitative estimate of drug-likeness (QED) is 0.488. The molecule has 1 saturated heterocycles. The van der Waals surface area contributed by atoms with E-state index in [1.165, 1.54) is 0 Å². The molecule has 0 radical (unpaired) electrons. The van der Waals surface area contributed by atoms with Crippen LogP contribution in [0.5, 0.6) is 0 Å². The van der Waals surface area contributed by atoms with Crippen molar-refractivity contribution in [2.45, 2.75) is 16.1 Å². The average Bonchev–Trinajstić information content (AvgIpc) is 2.89. The molecule has 2 unspecified atom stereocenters. The van der Waals surface area contributed by atoms with Gasteiger partial charge in [0.25, 0.3) is 5.60 Å². The molecule has 0 aromatic heterocycles. The Morgan fingerprint density at radius 1 is 1.31 bits per heavy atom. The molecule has 1 spiro atoms. The molecule has 2 aliphatic rings. The second kappa shape index (κ2) is 2.78. The van der Waals surface area contributed by atoms with Gasteiger partial charge in [-0.2, -0.15) is 10.5 Å². The molecule has 5 heteroatoms. The molecule has 2 aliphatic heterocycles. The fraction of sp³-hybridized carbons (Fsp3) is 0.273. The Labute approximate surface area is 95.2 Å². The first-order valence-electron chi connectivity index (χ1n) is 4.70. The zero-order valence-electron chi connectivity index (χ0n) is 8.14. The van der Waals surface area contributed by atoms with Gasteiger partial charge in [-0.1, -0.05) is 18.2 Å². The minimum Gasteiger partial charge on any atom is -0.611 e. The molecule has 4 nitrogen and oxygen atoms in total. The maximum atomic E-state index is 11.9. The van der Waals surface area contributed by atoms with E-state index in [-0.39, 0.29) is 5.75 Å². The first-order valence-corrected chi connectivity index (χ1v) is 6.01. The van der Waals surface area contributed by atoms with E-state index in [0.29, 0.717) is 4.90 Å². The smallest absolute Gasteiger partial charge is 0.280 e. The lowest BCUT2D eigenvalue weighted by Gasteiger charge is -2.01. The number of nitrogens with zero attached hydrogens (tertiary/aromatic N) is 2. The number of benzene rings is 1. The molecular formula is C11H6N2O2S. The second-order valence-electron chi connectivity index (χ2n) is 3.82. The predicted molar refractivity (Wildman–Crippen MR) is 54.4 cm³/mol. The van der Waals surface area contributed by atoms with Gasteiger partial charge in [0.2, 0.25) is 5.60 Å². The highest BCUT2D eigenvalue weighted by Crippen LogP contribution is 2.61. The van der Waals surface area contributed by atoms with Crippen LogP contribution >= 0.6 is 0 Å². The fourth-order valence-electron chi connectivity index (χ4n) is 2.20. The van der Waals surface area contributed by atoms with E-state index in [2.05, 4.69) is 0 Å². The number of hydrogen-bond acceptors (Lipinski definition) is 4. The lowest BCUT2D eigenvalue weighted by atomic mass is 9.90. The Hall–Kier alpha value is -1.53. The Kier molecular flexibility index (Phi) is 1.68. The topological polar surface area (TPSA) is 83.2 Å². The van der Waals surface area contributed by atoms with Crippen molar-refractivity contribution in [1.82, 2.24) is 0 Å². The summed E-state index contributed by atoms with van der Waals surface area (Å²) in [6.07, 6.45) is 0. The van der Waals surface area contributed by atoms with Crippen LogP contribution in [-0.4, -0.2) is 15.9 Å². The number of ether oxygens (including phenoxy) is 1. The van der Waals surface area contributed by atoms with Crippen LogP contribution < -0.4 is 0 Å². The molecule has 2 atom stereocenters. The number of fused-ring (bicyclic) bond motifs is 2. The molecule has 16 heavy (non-hydrogen) atoms. The van der Waals surface area contributed by atoms with Gasteiger partial charge in [-0.25, -0.2) is 0 Å². The van der Waals surface area contributed by atoms with Gasteiger partial charge in [-0.15, -0.1) is 0 Å². The first-order chi connectivity index (χ1) is 7.69. The minimum atomic E-state index is -1.45. The molecule has 78 valence electrons. The maximum absolute atomic E-state index is 11.9. The van der Waals surface area contributed by atoms with Crippen molar-refractivity contribution < 1.29 is 9.29 Å². The number of hydrogen-bond donors (Lipinski definition) is 0. The predicted octanol–water partition coefficient (Wildman–Crippen LogP) is 0.819. The summed E-state index contributed by atoms with van der Waals surface area (Å²) in [5, 5.41) is 18.0. The van der Waals surface area contributed by atoms with Crippen LogP contribution in [0.1, 0.15) is 5.56 Å². The largest absolute Gasteiger partial charge is 0.611 e. The van der Waals surface area contributed by atoms with Crippen LogP contribution in [0.25, 0.3) is 0 Å². The van der Waals surface area contributed by atoms with Gasteiger partial charge < -0.3 is 9.29 Å². The third-order valence-electron chi connectivity index (χ3n) is 3.07. The Morgan fingerprint density at radius 2 is 2.00 bits per heavy atom.